The Bertz CT molecular complexity index is 1090. The van der Waals surface area contributed by atoms with Crippen molar-refractivity contribution < 1.29 is 23.7 Å². The molecule has 1 aliphatic carbocycles. The second kappa shape index (κ2) is 8.13. The quantitative estimate of drug-likeness (QED) is 0.770. The molecule has 2 aliphatic rings. The van der Waals surface area contributed by atoms with Crippen LogP contribution in [0.5, 0.6) is 17.2 Å². The fourth-order valence-electron chi connectivity index (χ4n) is 3.94. The lowest BCUT2D eigenvalue weighted by Gasteiger charge is -2.25. The first-order valence-electron chi connectivity index (χ1n) is 9.75. The van der Waals surface area contributed by atoms with Crippen LogP contribution in [-0.2, 0) is 6.61 Å². The molecular weight excluding hydrogens is 388 g/mol. The lowest BCUT2D eigenvalue weighted by molar-refractivity contribution is 0.200. The summed E-state index contributed by atoms with van der Waals surface area (Å²) < 4.78 is 22.7. The monoisotopic (exact) mass is 410 g/mol. The highest BCUT2D eigenvalue weighted by Crippen LogP contribution is 2.43. The maximum absolute atomic E-state index is 12.4. The van der Waals surface area contributed by atoms with Crippen LogP contribution in [0.1, 0.15) is 48.7 Å². The summed E-state index contributed by atoms with van der Waals surface area (Å²) in [5, 5.41) is 19.1. The van der Waals surface area contributed by atoms with Crippen LogP contribution >= 0.6 is 0 Å². The van der Waals surface area contributed by atoms with Gasteiger partial charge in [-0.05, 0) is 43.4 Å². The summed E-state index contributed by atoms with van der Waals surface area (Å²) in [6.45, 7) is -0.464. The van der Waals surface area contributed by atoms with Crippen LogP contribution in [0.3, 0.4) is 0 Å². The van der Waals surface area contributed by atoms with Crippen LogP contribution in [-0.4, -0.2) is 18.3 Å². The van der Waals surface area contributed by atoms with Crippen molar-refractivity contribution in [2.75, 3.05) is 7.11 Å². The summed E-state index contributed by atoms with van der Waals surface area (Å²) in [5.41, 5.74) is 6.16. The number of nitrogens with two attached hydrogens (primary N) is 1. The van der Waals surface area contributed by atoms with Gasteiger partial charge in [0.2, 0.25) is 17.1 Å². The minimum absolute atomic E-state index is 0.0678. The highest BCUT2D eigenvalue weighted by molar-refractivity contribution is 5.55. The molecule has 8 heteroatoms. The second-order valence-electron chi connectivity index (χ2n) is 7.29. The van der Waals surface area contributed by atoms with Gasteiger partial charge in [-0.3, -0.25) is 4.79 Å². The zero-order valence-electron chi connectivity index (χ0n) is 16.5. The number of rotatable bonds is 5. The Hall–Kier alpha value is -3.44. The number of fused-ring (bicyclic) bond motifs is 1. The molecule has 2 aromatic rings. The van der Waals surface area contributed by atoms with Gasteiger partial charge < -0.3 is 29.5 Å². The van der Waals surface area contributed by atoms with Gasteiger partial charge in [-0.15, -0.1) is 0 Å². The van der Waals surface area contributed by atoms with Crippen molar-refractivity contribution in [3.63, 3.8) is 0 Å². The van der Waals surface area contributed by atoms with Crippen molar-refractivity contribution in [3.8, 4) is 23.3 Å². The van der Waals surface area contributed by atoms with Crippen molar-refractivity contribution in [3.05, 3.63) is 63.0 Å². The van der Waals surface area contributed by atoms with Gasteiger partial charge in [0, 0.05) is 6.07 Å². The Morgan fingerprint density at radius 1 is 1.27 bits per heavy atom. The number of aliphatic hydroxyl groups is 1. The van der Waals surface area contributed by atoms with Gasteiger partial charge >= 0.3 is 0 Å². The first-order valence-corrected chi connectivity index (χ1v) is 9.75. The molecular formula is C22H22N2O6. The van der Waals surface area contributed by atoms with E-state index < -0.39 is 18.0 Å². The summed E-state index contributed by atoms with van der Waals surface area (Å²) in [4.78, 5) is 12.4. The third-order valence-electron chi connectivity index (χ3n) is 5.40. The van der Waals surface area contributed by atoms with Crippen molar-refractivity contribution in [1.82, 2.24) is 0 Å². The summed E-state index contributed by atoms with van der Waals surface area (Å²) in [5.74, 6) is 0.253. The minimum Gasteiger partial charge on any atom is -0.493 e. The van der Waals surface area contributed by atoms with Crippen LogP contribution in [0, 0.1) is 11.3 Å². The van der Waals surface area contributed by atoms with Crippen LogP contribution in [0.25, 0.3) is 0 Å². The highest BCUT2D eigenvalue weighted by atomic mass is 16.5. The van der Waals surface area contributed by atoms with E-state index >= 15 is 0 Å². The average Bonchev–Trinajstić information content (AvgIpc) is 3.26. The fourth-order valence-corrected chi connectivity index (χ4v) is 3.94. The summed E-state index contributed by atoms with van der Waals surface area (Å²) in [6, 6.07) is 8.48. The lowest BCUT2D eigenvalue weighted by atomic mass is 9.87. The first kappa shape index (κ1) is 19.9. The van der Waals surface area contributed by atoms with Gasteiger partial charge in [0.05, 0.1) is 19.1 Å². The summed E-state index contributed by atoms with van der Waals surface area (Å²) in [6.07, 6.45) is 4.46. The SMILES string of the molecule is COc1cc([C@H]2C(C#N)=C(N)Oc3c2oc(CO)cc3=O)ccc1OC1CCCC1. The van der Waals surface area contributed by atoms with E-state index in [1.165, 1.54) is 7.11 Å². The Labute approximate surface area is 173 Å². The number of nitriles is 1. The number of allylic oxidation sites excluding steroid dienone is 1. The van der Waals surface area contributed by atoms with Crippen LogP contribution in [0.4, 0.5) is 0 Å². The molecule has 1 saturated carbocycles. The van der Waals surface area contributed by atoms with E-state index in [1.54, 1.807) is 18.2 Å². The zero-order valence-corrected chi connectivity index (χ0v) is 16.5. The molecule has 0 unspecified atom stereocenters. The molecule has 3 N–H and O–H groups in total. The van der Waals surface area contributed by atoms with Gasteiger partial charge in [0.25, 0.3) is 0 Å². The molecule has 1 aromatic carbocycles. The fraction of sp³-hybridized carbons (Fsp3) is 0.364. The van der Waals surface area contributed by atoms with Gasteiger partial charge in [-0.25, -0.2) is 0 Å². The summed E-state index contributed by atoms with van der Waals surface area (Å²) in [7, 11) is 1.54. The maximum atomic E-state index is 12.4. The smallest absolute Gasteiger partial charge is 0.228 e. The van der Waals surface area contributed by atoms with E-state index in [1.807, 2.05) is 6.07 Å². The molecule has 0 amide bonds. The van der Waals surface area contributed by atoms with Gasteiger partial charge in [0.1, 0.15) is 24.0 Å². The molecule has 1 fully saturated rings. The third-order valence-corrected chi connectivity index (χ3v) is 5.40. The van der Waals surface area contributed by atoms with Gasteiger partial charge in [0.15, 0.2) is 17.3 Å². The zero-order chi connectivity index (χ0) is 21.3. The normalized spacial score (nSPS) is 18.5. The summed E-state index contributed by atoms with van der Waals surface area (Å²) >= 11 is 0. The van der Waals surface area contributed by atoms with E-state index in [0.717, 1.165) is 31.7 Å². The number of benzene rings is 1. The molecule has 0 saturated heterocycles. The van der Waals surface area contributed by atoms with E-state index in [9.17, 15) is 15.2 Å². The molecule has 1 aliphatic heterocycles. The Morgan fingerprint density at radius 2 is 2.03 bits per heavy atom. The number of methoxy groups -OCH3 is 1. The number of hydrogen-bond acceptors (Lipinski definition) is 8. The molecule has 0 bridgehead atoms. The van der Waals surface area contributed by atoms with E-state index in [0.29, 0.717) is 17.1 Å². The Balaban J connectivity index is 1.81. The molecule has 1 atom stereocenters. The van der Waals surface area contributed by atoms with Crippen molar-refractivity contribution in [2.45, 2.75) is 44.3 Å². The topological polar surface area (TPSA) is 128 Å². The Morgan fingerprint density at radius 3 is 2.70 bits per heavy atom. The molecule has 0 radical (unpaired) electrons. The highest BCUT2D eigenvalue weighted by Gasteiger charge is 2.35. The minimum atomic E-state index is -0.785. The molecule has 1 aromatic heterocycles. The van der Waals surface area contributed by atoms with Crippen molar-refractivity contribution in [2.24, 2.45) is 5.73 Å². The van der Waals surface area contributed by atoms with E-state index in [4.69, 9.17) is 24.4 Å². The standard InChI is InChI=1S/C22H22N2O6/c1-27-18-8-12(6-7-17(18)28-13-4-2-3-5-13)19-15(10-23)22(24)30-20-16(26)9-14(11-25)29-21(19)20/h6-9,13,19,25H,2-5,11,24H2,1H3/t19-/m0/s1. The van der Waals surface area contributed by atoms with Crippen LogP contribution in [0.2, 0.25) is 0 Å². The molecule has 0 spiro atoms. The van der Waals surface area contributed by atoms with Crippen molar-refractivity contribution in [1.29, 1.82) is 5.26 Å². The predicted octanol–water partition coefficient (Wildman–Crippen LogP) is 2.68. The molecule has 4 rings (SSSR count). The van der Waals surface area contributed by atoms with E-state index in [-0.39, 0.29) is 34.8 Å². The third kappa shape index (κ3) is 3.48. The average molecular weight is 410 g/mol. The first-order chi connectivity index (χ1) is 14.5. The maximum Gasteiger partial charge on any atom is 0.228 e. The second-order valence-corrected chi connectivity index (χ2v) is 7.29. The molecule has 2 heterocycles. The van der Waals surface area contributed by atoms with Crippen LogP contribution in [0.15, 0.2) is 44.9 Å². The largest absolute Gasteiger partial charge is 0.493 e. The number of nitrogens with zero attached hydrogens (tertiary/aromatic N) is 1. The van der Waals surface area contributed by atoms with E-state index in [2.05, 4.69) is 0 Å². The predicted molar refractivity (Wildman–Crippen MR) is 106 cm³/mol. The van der Waals surface area contributed by atoms with Crippen LogP contribution < -0.4 is 25.4 Å². The number of aliphatic hydroxyl groups excluding tert-OH is 1. The number of ether oxygens (including phenoxy) is 3. The Kier molecular flexibility index (Phi) is 5.38. The molecule has 8 nitrogen and oxygen atoms in total. The van der Waals surface area contributed by atoms with Gasteiger partial charge in [-0.1, -0.05) is 6.07 Å². The molecule has 30 heavy (non-hydrogen) atoms. The van der Waals surface area contributed by atoms with Crippen molar-refractivity contribution >= 4 is 0 Å². The lowest BCUT2D eigenvalue weighted by Crippen LogP contribution is -2.25. The van der Waals surface area contributed by atoms with Gasteiger partial charge in [-0.2, -0.15) is 5.26 Å². The molecule has 156 valence electrons. The number of hydrogen-bond donors (Lipinski definition) is 2.